The summed E-state index contributed by atoms with van der Waals surface area (Å²) in [5.74, 6) is 1.28. The zero-order valence-electron chi connectivity index (χ0n) is 20.4. The van der Waals surface area contributed by atoms with E-state index < -0.39 is 0 Å². The van der Waals surface area contributed by atoms with E-state index >= 15 is 0 Å². The van der Waals surface area contributed by atoms with Crippen LogP contribution in [0.4, 0.5) is 0 Å². The summed E-state index contributed by atoms with van der Waals surface area (Å²) < 4.78 is 6.62. The fraction of sp³-hybridized carbons (Fsp3) is 0.567. The van der Waals surface area contributed by atoms with Crippen LogP contribution in [0.1, 0.15) is 50.7 Å². The topological polar surface area (TPSA) is 38.5 Å². The predicted octanol–water partition coefficient (Wildman–Crippen LogP) is 5.33. The van der Waals surface area contributed by atoms with Crippen LogP contribution < -0.4 is 5.73 Å². The minimum Gasteiger partial charge on any atom is -0.373 e. The van der Waals surface area contributed by atoms with Gasteiger partial charge in [0, 0.05) is 35.4 Å². The summed E-state index contributed by atoms with van der Waals surface area (Å²) in [4.78, 5) is 3.80. The van der Waals surface area contributed by atoms with Crippen molar-refractivity contribution in [3.63, 3.8) is 0 Å². The first kappa shape index (κ1) is 21.5. The molecule has 1 saturated heterocycles. The molecule has 0 aromatic heterocycles. The summed E-state index contributed by atoms with van der Waals surface area (Å²) in [5.41, 5.74) is 10.2. The Labute approximate surface area is 209 Å². The van der Waals surface area contributed by atoms with E-state index in [2.05, 4.69) is 79.4 Å². The highest BCUT2D eigenvalue weighted by Crippen LogP contribution is 2.97. The third kappa shape index (κ3) is 2.34. The van der Waals surface area contributed by atoms with E-state index in [1.54, 1.807) is 0 Å². The van der Waals surface area contributed by atoms with E-state index in [1.165, 1.54) is 35.4 Å². The van der Waals surface area contributed by atoms with Gasteiger partial charge in [-0.05, 0) is 54.1 Å². The van der Waals surface area contributed by atoms with Gasteiger partial charge < -0.3 is 15.4 Å². The lowest BCUT2D eigenvalue weighted by Crippen LogP contribution is -2.98. The molecule has 0 bridgehead atoms. The highest BCUT2D eigenvalue weighted by Gasteiger charge is 2.98. The fourth-order valence-electron chi connectivity index (χ4n) is 9.46. The van der Waals surface area contributed by atoms with Crippen LogP contribution in [0.15, 0.2) is 60.7 Å². The molecule has 5 aliphatic rings. The largest absolute Gasteiger partial charge is 0.373 e. The Kier molecular flexibility index (Phi) is 4.39. The highest BCUT2D eigenvalue weighted by molar-refractivity contribution is 7.80. The number of rotatable bonds is 5. The summed E-state index contributed by atoms with van der Waals surface area (Å²) in [5, 5.41) is 0. The molecule has 7 atom stereocenters. The Morgan fingerprint density at radius 2 is 1.71 bits per heavy atom. The van der Waals surface area contributed by atoms with Gasteiger partial charge in [0.05, 0.1) is 17.7 Å². The molecule has 6 unspecified atom stereocenters. The number of hydrogen-bond acceptors (Lipinski definition) is 3. The third-order valence-corrected chi connectivity index (χ3v) is 11.6. The van der Waals surface area contributed by atoms with Gasteiger partial charge in [0.25, 0.3) is 0 Å². The molecule has 2 N–H and O–H groups in total. The van der Waals surface area contributed by atoms with Crippen LogP contribution in [-0.4, -0.2) is 35.1 Å². The number of hydrogen-bond donors (Lipinski definition) is 1. The van der Waals surface area contributed by atoms with Crippen molar-refractivity contribution in [2.45, 2.75) is 63.7 Å². The van der Waals surface area contributed by atoms with Gasteiger partial charge in [-0.1, -0.05) is 86.7 Å². The van der Waals surface area contributed by atoms with Gasteiger partial charge in [-0.2, -0.15) is 0 Å². The fourth-order valence-corrected chi connectivity index (χ4v) is 9.94. The van der Waals surface area contributed by atoms with Crippen LogP contribution >= 0.6 is 12.2 Å². The molecule has 0 amide bonds. The SMILES string of the molecule is CC1(C)CN(C(=S)C23CC4C(OCc5ccccc5)C5CC(c6ccccc6)(C2)C453)CC[C@@H]1N. The average molecular weight is 473 g/mol. The van der Waals surface area contributed by atoms with Crippen molar-refractivity contribution >= 4 is 17.2 Å². The van der Waals surface area contributed by atoms with Gasteiger partial charge in [0.2, 0.25) is 0 Å². The molecule has 3 nitrogen and oxygen atoms in total. The van der Waals surface area contributed by atoms with Gasteiger partial charge in [0.15, 0.2) is 0 Å². The lowest BCUT2D eigenvalue weighted by Gasteiger charge is -2.97. The Morgan fingerprint density at radius 3 is 2.38 bits per heavy atom. The zero-order chi connectivity index (χ0) is 23.3. The standard InChI is InChI=1S/C30H36N2OS/c1-27(2)19-32(14-13-24(27)31)26(34)29-16-23-25(33-17-20-9-5-3-6-10-20)22-15-28(18-29,30(22,23)29)21-11-7-4-8-12-21/h3-12,22-25H,13-19,31H2,1-2H3/t22?,23?,24-,25?,28?,29?,30?/m0/s1. The van der Waals surface area contributed by atoms with Gasteiger partial charge in [-0.3, -0.25) is 0 Å². The van der Waals surface area contributed by atoms with Gasteiger partial charge >= 0.3 is 0 Å². The molecular weight excluding hydrogens is 436 g/mol. The maximum atomic E-state index is 6.62. The number of piperidine rings is 1. The number of ether oxygens (including phenoxy) is 1. The second-order valence-corrected chi connectivity index (χ2v) is 13.0. The van der Waals surface area contributed by atoms with E-state index in [9.17, 15) is 0 Å². The summed E-state index contributed by atoms with van der Waals surface area (Å²) >= 11 is 6.39. The molecule has 178 valence electrons. The molecule has 34 heavy (non-hydrogen) atoms. The molecule has 1 spiro atoms. The van der Waals surface area contributed by atoms with Crippen molar-refractivity contribution in [2.75, 3.05) is 13.1 Å². The molecule has 2 aromatic carbocycles. The molecular formula is C30H36N2OS. The molecule has 4 aliphatic carbocycles. The molecule has 0 radical (unpaired) electrons. The smallest absolute Gasteiger partial charge is 0.0848 e. The lowest BCUT2D eigenvalue weighted by molar-refractivity contribution is -0.466. The van der Waals surface area contributed by atoms with E-state index in [-0.39, 0.29) is 16.9 Å². The predicted molar refractivity (Wildman–Crippen MR) is 139 cm³/mol. The van der Waals surface area contributed by atoms with Crippen LogP contribution in [0.5, 0.6) is 0 Å². The first-order chi connectivity index (χ1) is 16.4. The normalized spacial score (nSPS) is 42.7. The minimum absolute atomic E-state index is 0.111. The molecule has 2 aromatic rings. The lowest BCUT2D eigenvalue weighted by atomic mass is 9.07. The minimum atomic E-state index is 0.111. The molecule has 1 heterocycles. The van der Waals surface area contributed by atoms with Crippen LogP contribution in [0, 0.1) is 28.1 Å². The summed E-state index contributed by atoms with van der Waals surface area (Å²) in [6.45, 7) is 7.35. The Hall–Kier alpha value is -1.75. The number of benzene rings is 2. The number of likely N-dealkylation sites (tertiary alicyclic amines) is 1. The van der Waals surface area contributed by atoms with Crippen molar-refractivity contribution in [3.8, 4) is 0 Å². The first-order valence-corrected chi connectivity index (χ1v) is 13.5. The second kappa shape index (κ2) is 6.93. The van der Waals surface area contributed by atoms with E-state index in [0.29, 0.717) is 28.8 Å². The van der Waals surface area contributed by atoms with Crippen LogP contribution in [0.3, 0.4) is 0 Å². The number of nitrogens with zero attached hydrogens (tertiary/aromatic N) is 1. The Balaban J connectivity index is 1.17. The number of nitrogens with two attached hydrogens (primary N) is 1. The van der Waals surface area contributed by atoms with Crippen molar-refractivity contribution in [3.05, 3.63) is 71.8 Å². The van der Waals surface area contributed by atoms with Crippen molar-refractivity contribution < 1.29 is 4.74 Å². The zero-order valence-corrected chi connectivity index (χ0v) is 21.2. The maximum Gasteiger partial charge on any atom is 0.0848 e. The average Bonchev–Trinajstić information content (AvgIpc) is 2.80. The number of thiocarbonyl (C=S) groups is 1. The van der Waals surface area contributed by atoms with Crippen molar-refractivity contribution in [2.24, 2.45) is 33.8 Å². The first-order valence-electron chi connectivity index (χ1n) is 13.1. The van der Waals surface area contributed by atoms with E-state index in [4.69, 9.17) is 22.7 Å². The van der Waals surface area contributed by atoms with Crippen LogP contribution in [0.2, 0.25) is 0 Å². The van der Waals surface area contributed by atoms with E-state index in [0.717, 1.165) is 26.1 Å². The Morgan fingerprint density at radius 1 is 1.03 bits per heavy atom. The van der Waals surface area contributed by atoms with Gasteiger partial charge in [-0.15, -0.1) is 0 Å². The summed E-state index contributed by atoms with van der Waals surface area (Å²) in [6, 6.07) is 22.2. The van der Waals surface area contributed by atoms with Crippen LogP contribution in [0.25, 0.3) is 0 Å². The van der Waals surface area contributed by atoms with Gasteiger partial charge in [0.1, 0.15) is 0 Å². The molecule has 4 saturated carbocycles. The highest BCUT2D eigenvalue weighted by atomic mass is 32.1. The van der Waals surface area contributed by atoms with Gasteiger partial charge in [-0.25, -0.2) is 0 Å². The molecule has 5 fully saturated rings. The maximum absolute atomic E-state index is 6.62. The quantitative estimate of drug-likeness (QED) is 0.597. The second-order valence-electron chi connectivity index (χ2n) is 12.6. The molecule has 7 rings (SSSR count). The monoisotopic (exact) mass is 472 g/mol. The third-order valence-electron chi connectivity index (χ3n) is 10.9. The Bertz CT molecular complexity index is 1130. The van der Waals surface area contributed by atoms with Crippen molar-refractivity contribution in [1.29, 1.82) is 0 Å². The van der Waals surface area contributed by atoms with Crippen molar-refractivity contribution in [1.82, 2.24) is 4.90 Å². The summed E-state index contributed by atoms with van der Waals surface area (Å²) in [6.07, 6.45) is 5.12. The summed E-state index contributed by atoms with van der Waals surface area (Å²) in [7, 11) is 0. The molecule has 1 aliphatic heterocycles. The van der Waals surface area contributed by atoms with E-state index in [1.807, 2.05) is 0 Å². The molecule has 4 heteroatoms. The van der Waals surface area contributed by atoms with Crippen LogP contribution in [-0.2, 0) is 16.8 Å².